The number of hydrogen-bond acceptors (Lipinski definition) is 3. The van der Waals surface area contributed by atoms with Crippen LogP contribution in [0.2, 0.25) is 0 Å². The maximum atomic E-state index is 5.32. The van der Waals surface area contributed by atoms with Gasteiger partial charge in [-0.2, -0.15) is 5.10 Å². The number of aromatic nitrogens is 2. The van der Waals surface area contributed by atoms with Gasteiger partial charge in [0.2, 0.25) is 0 Å². The molecule has 4 nitrogen and oxygen atoms in total. The highest BCUT2D eigenvalue weighted by atomic mass is 16.5. The van der Waals surface area contributed by atoms with Crippen molar-refractivity contribution in [3.8, 4) is 0 Å². The molecule has 1 aromatic rings. The monoisotopic (exact) mass is 211 g/mol. The molecule has 0 amide bonds. The van der Waals surface area contributed by atoms with Crippen molar-refractivity contribution in [3.63, 3.8) is 0 Å². The second-order valence-corrected chi connectivity index (χ2v) is 3.63. The molecule has 1 atom stereocenters. The molecule has 0 fully saturated rings. The van der Waals surface area contributed by atoms with Gasteiger partial charge in [0, 0.05) is 38.1 Å². The zero-order valence-electron chi connectivity index (χ0n) is 9.86. The summed E-state index contributed by atoms with van der Waals surface area (Å²) in [6.45, 7) is 3.67. The molecule has 1 rings (SSSR count). The Hall–Kier alpha value is -0.870. The van der Waals surface area contributed by atoms with Crippen LogP contribution in [0.5, 0.6) is 0 Å². The van der Waals surface area contributed by atoms with E-state index in [9.17, 15) is 0 Å². The van der Waals surface area contributed by atoms with Crippen molar-refractivity contribution in [2.24, 2.45) is 7.05 Å². The van der Waals surface area contributed by atoms with Gasteiger partial charge in [-0.3, -0.25) is 4.68 Å². The Labute approximate surface area is 91.6 Å². The average Bonchev–Trinajstić information content (AvgIpc) is 2.65. The molecule has 0 spiro atoms. The lowest BCUT2D eigenvalue weighted by Crippen LogP contribution is -2.16. The highest BCUT2D eigenvalue weighted by molar-refractivity contribution is 5.09. The van der Waals surface area contributed by atoms with Crippen molar-refractivity contribution in [3.05, 3.63) is 18.0 Å². The minimum absolute atomic E-state index is 0.388. The highest BCUT2D eigenvalue weighted by Gasteiger charge is 2.10. The molecule has 0 aliphatic carbocycles. The summed E-state index contributed by atoms with van der Waals surface area (Å²) in [7, 11) is 3.93. The Bertz CT molecular complexity index is 273. The Kier molecular flexibility index (Phi) is 5.36. The Morgan fingerprint density at radius 2 is 2.40 bits per heavy atom. The van der Waals surface area contributed by atoms with Crippen molar-refractivity contribution >= 4 is 0 Å². The summed E-state index contributed by atoms with van der Waals surface area (Å²) in [6.07, 6.45) is 6.14. The van der Waals surface area contributed by atoms with Crippen LogP contribution in [0, 0.1) is 0 Å². The molecule has 1 unspecified atom stereocenters. The fourth-order valence-electron chi connectivity index (χ4n) is 1.63. The standard InChI is InChI=1S/C11H21N3O/c1-4-15-7-5-6-11(12-2)10-8-13-14(3)9-10/h8-9,11-12H,4-7H2,1-3H3. The van der Waals surface area contributed by atoms with E-state index in [0.29, 0.717) is 6.04 Å². The minimum atomic E-state index is 0.388. The third-order valence-corrected chi connectivity index (χ3v) is 2.46. The summed E-state index contributed by atoms with van der Waals surface area (Å²) in [5.74, 6) is 0. The molecule has 0 saturated heterocycles. The molecule has 0 aromatic carbocycles. The second kappa shape index (κ2) is 6.58. The normalized spacial score (nSPS) is 13.0. The fourth-order valence-corrected chi connectivity index (χ4v) is 1.63. The predicted molar refractivity (Wildman–Crippen MR) is 60.7 cm³/mol. The molecule has 0 radical (unpaired) electrons. The van der Waals surface area contributed by atoms with Gasteiger partial charge in [-0.05, 0) is 26.8 Å². The van der Waals surface area contributed by atoms with E-state index in [2.05, 4.69) is 16.6 Å². The van der Waals surface area contributed by atoms with E-state index in [0.717, 1.165) is 26.1 Å². The van der Waals surface area contributed by atoms with E-state index in [1.807, 2.05) is 31.9 Å². The first-order valence-electron chi connectivity index (χ1n) is 5.51. The average molecular weight is 211 g/mol. The van der Waals surface area contributed by atoms with Crippen LogP contribution < -0.4 is 5.32 Å². The lowest BCUT2D eigenvalue weighted by Gasteiger charge is -2.13. The van der Waals surface area contributed by atoms with Crippen molar-refractivity contribution < 1.29 is 4.74 Å². The topological polar surface area (TPSA) is 39.1 Å². The smallest absolute Gasteiger partial charge is 0.0537 e. The molecule has 1 heterocycles. The van der Waals surface area contributed by atoms with Crippen LogP contribution in [-0.4, -0.2) is 30.0 Å². The van der Waals surface area contributed by atoms with Crippen molar-refractivity contribution in [1.82, 2.24) is 15.1 Å². The van der Waals surface area contributed by atoms with Crippen LogP contribution in [-0.2, 0) is 11.8 Å². The van der Waals surface area contributed by atoms with Crippen LogP contribution in [0.4, 0.5) is 0 Å². The number of nitrogens with zero attached hydrogens (tertiary/aromatic N) is 2. The Morgan fingerprint density at radius 1 is 1.60 bits per heavy atom. The molecule has 1 N–H and O–H groups in total. The second-order valence-electron chi connectivity index (χ2n) is 3.63. The van der Waals surface area contributed by atoms with Gasteiger partial charge in [0.05, 0.1) is 6.20 Å². The van der Waals surface area contributed by atoms with Crippen LogP contribution in [0.1, 0.15) is 31.4 Å². The van der Waals surface area contributed by atoms with Gasteiger partial charge in [0.25, 0.3) is 0 Å². The predicted octanol–water partition coefficient (Wildman–Crippen LogP) is 1.50. The first kappa shape index (κ1) is 12.2. The van der Waals surface area contributed by atoms with E-state index in [4.69, 9.17) is 4.74 Å². The summed E-state index contributed by atoms with van der Waals surface area (Å²) in [5.41, 5.74) is 1.25. The molecule has 4 heteroatoms. The lowest BCUT2D eigenvalue weighted by molar-refractivity contribution is 0.141. The van der Waals surface area contributed by atoms with Crippen molar-refractivity contribution in [2.45, 2.75) is 25.8 Å². The molecule has 15 heavy (non-hydrogen) atoms. The van der Waals surface area contributed by atoms with E-state index < -0.39 is 0 Å². The zero-order valence-corrected chi connectivity index (χ0v) is 9.86. The lowest BCUT2D eigenvalue weighted by atomic mass is 10.1. The quantitative estimate of drug-likeness (QED) is 0.695. The zero-order chi connectivity index (χ0) is 11.1. The largest absolute Gasteiger partial charge is 0.382 e. The van der Waals surface area contributed by atoms with E-state index in [1.54, 1.807) is 0 Å². The fraction of sp³-hybridized carbons (Fsp3) is 0.727. The molecule has 0 saturated carbocycles. The number of nitrogens with one attached hydrogen (secondary N) is 1. The number of ether oxygens (including phenoxy) is 1. The van der Waals surface area contributed by atoms with Crippen molar-refractivity contribution in [2.75, 3.05) is 20.3 Å². The number of aryl methyl sites for hydroxylation is 1. The van der Waals surface area contributed by atoms with Crippen LogP contribution in [0.3, 0.4) is 0 Å². The third kappa shape index (κ3) is 4.01. The molecule has 0 bridgehead atoms. The first-order valence-corrected chi connectivity index (χ1v) is 5.51. The van der Waals surface area contributed by atoms with E-state index in [1.165, 1.54) is 5.56 Å². The van der Waals surface area contributed by atoms with Gasteiger partial charge in [0.1, 0.15) is 0 Å². The van der Waals surface area contributed by atoms with Gasteiger partial charge >= 0.3 is 0 Å². The molecule has 0 aliphatic rings. The highest BCUT2D eigenvalue weighted by Crippen LogP contribution is 2.16. The summed E-state index contributed by atoms with van der Waals surface area (Å²) >= 11 is 0. The van der Waals surface area contributed by atoms with Crippen LogP contribution in [0.15, 0.2) is 12.4 Å². The Morgan fingerprint density at radius 3 is 2.93 bits per heavy atom. The van der Waals surface area contributed by atoms with Gasteiger partial charge in [0.15, 0.2) is 0 Å². The van der Waals surface area contributed by atoms with Gasteiger partial charge < -0.3 is 10.1 Å². The van der Waals surface area contributed by atoms with E-state index >= 15 is 0 Å². The summed E-state index contributed by atoms with van der Waals surface area (Å²) in [6, 6.07) is 0.388. The molecule has 86 valence electrons. The van der Waals surface area contributed by atoms with Crippen LogP contribution >= 0.6 is 0 Å². The van der Waals surface area contributed by atoms with Gasteiger partial charge in [-0.1, -0.05) is 0 Å². The maximum absolute atomic E-state index is 5.32. The van der Waals surface area contributed by atoms with Crippen molar-refractivity contribution in [1.29, 1.82) is 0 Å². The first-order chi connectivity index (χ1) is 7.27. The van der Waals surface area contributed by atoms with E-state index in [-0.39, 0.29) is 0 Å². The third-order valence-electron chi connectivity index (χ3n) is 2.46. The van der Waals surface area contributed by atoms with Gasteiger partial charge in [-0.25, -0.2) is 0 Å². The molecular formula is C11H21N3O. The molecular weight excluding hydrogens is 190 g/mol. The van der Waals surface area contributed by atoms with Gasteiger partial charge in [-0.15, -0.1) is 0 Å². The molecule has 0 aliphatic heterocycles. The summed E-state index contributed by atoms with van der Waals surface area (Å²) in [5, 5.41) is 7.48. The van der Waals surface area contributed by atoms with Crippen LogP contribution in [0.25, 0.3) is 0 Å². The number of rotatable bonds is 7. The number of hydrogen-bond donors (Lipinski definition) is 1. The summed E-state index contributed by atoms with van der Waals surface area (Å²) < 4.78 is 7.16. The summed E-state index contributed by atoms with van der Waals surface area (Å²) in [4.78, 5) is 0. The molecule has 1 aromatic heterocycles. The Balaban J connectivity index is 2.35. The SMILES string of the molecule is CCOCCCC(NC)c1cnn(C)c1. The maximum Gasteiger partial charge on any atom is 0.0537 e. The minimum Gasteiger partial charge on any atom is -0.382 e.